The topological polar surface area (TPSA) is 36.1 Å². The fraction of sp³-hybridized carbons (Fsp3) is 0.250. The number of para-hydroxylation sites is 2. The lowest BCUT2D eigenvalue weighted by Crippen LogP contribution is -2.34. The third kappa shape index (κ3) is 2.24. The second-order valence-corrected chi connectivity index (χ2v) is 6.40. The van der Waals surface area contributed by atoms with Crippen LogP contribution in [0.5, 0.6) is 0 Å². The van der Waals surface area contributed by atoms with Crippen molar-refractivity contribution in [3.05, 3.63) is 65.4 Å². The number of fused-ring (bicyclic) bond motifs is 2. The van der Waals surface area contributed by atoms with Crippen LogP contribution in [0.3, 0.4) is 0 Å². The van der Waals surface area contributed by atoms with Crippen LogP contribution in [0.4, 0.5) is 5.69 Å². The summed E-state index contributed by atoms with van der Waals surface area (Å²) < 4.78 is 0. The highest BCUT2D eigenvalue weighted by molar-refractivity contribution is 6.11. The Morgan fingerprint density at radius 3 is 2.78 bits per heavy atom. The molecule has 1 atom stereocenters. The Morgan fingerprint density at radius 2 is 1.91 bits per heavy atom. The van der Waals surface area contributed by atoms with Crippen LogP contribution in [0.2, 0.25) is 0 Å². The van der Waals surface area contributed by atoms with Crippen molar-refractivity contribution in [3.8, 4) is 0 Å². The van der Waals surface area contributed by atoms with Gasteiger partial charge in [0, 0.05) is 33.9 Å². The smallest absolute Gasteiger partial charge is 0.184 e. The van der Waals surface area contributed by atoms with Crippen molar-refractivity contribution in [2.75, 3.05) is 11.4 Å². The summed E-state index contributed by atoms with van der Waals surface area (Å²) in [7, 11) is 0. The summed E-state index contributed by atoms with van der Waals surface area (Å²) in [6.45, 7) is 4.60. The third-order valence-electron chi connectivity index (χ3n) is 4.83. The first-order valence-corrected chi connectivity index (χ1v) is 8.10. The first kappa shape index (κ1) is 14.1. The number of rotatable bonds is 3. The summed E-state index contributed by atoms with van der Waals surface area (Å²) in [5, 5.41) is 1.02. The van der Waals surface area contributed by atoms with Gasteiger partial charge in [-0.1, -0.05) is 36.4 Å². The zero-order valence-electron chi connectivity index (χ0n) is 13.5. The van der Waals surface area contributed by atoms with E-state index >= 15 is 0 Å². The number of Topliss-reactive ketones (excluding diaryl/α,β-unsaturated/α-hetero) is 1. The number of ketones is 1. The Hall–Kier alpha value is -2.55. The first-order chi connectivity index (χ1) is 11.1. The van der Waals surface area contributed by atoms with Gasteiger partial charge in [-0.3, -0.25) is 4.79 Å². The number of aryl methyl sites for hydroxylation is 1. The van der Waals surface area contributed by atoms with E-state index in [1.54, 1.807) is 0 Å². The molecule has 2 aromatic carbocycles. The van der Waals surface area contributed by atoms with Crippen LogP contribution in [0.25, 0.3) is 10.9 Å². The van der Waals surface area contributed by atoms with Gasteiger partial charge in [0.25, 0.3) is 0 Å². The Morgan fingerprint density at radius 1 is 1.17 bits per heavy atom. The molecule has 0 saturated heterocycles. The van der Waals surface area contributed by atoms with Gasteiger partial charge in [0.15, 0.2) is 5.78 Å². The van der Waals surface area contributed by atoms with Crippen LogP contribution in [0, 0.1) is 6.92 Å². The maximum Gasteiger partial charge on any atom is 0.184 e. The molecule has 3 heteroatoms. The van der Waals surface area contributed by atoms with Crippen molar-refractivity contribution >= 4 is 22.4 Å². The number of aromatic amines is 1. The van der Waals surface area contributed by atoms with E-state index in [4.69, 9.17) is 0 Å². The largest absolute Gasteiger partial charge is 0.361 e. The fourth-order valence-electron chi connectivity index (χ4n) is 3.74. The minimum atomic E-state index is 0.184. The zero-order valence-corrected chi connectivity index (χ0v) is 13.5. The molecule has 0 unspecified atom stereocenters. The number of carbonyl (C=O) groups excluding carboxylic acids is 1. The van der Waals surface area contributed by atoms with E-state index in [9.17, 15) is 4.79 Å². The Labute approximate surface area is 135 Å². The molecule has 0 spiro atoms. The molecular formula is C20H20N2O. The Balaban J connectivity index is 1.69. The number of nitrogens with zero attached hydrogens (tertiary/aromatic N) is 1. The number of anilines is 1. The van der Waals surface area contributed by atoms with Crippen molar-refractivity contribution in [3.63, 3.8) is 0 Å². The van der Waals surface area contributed by atoms with Crippen molar-refractivity contribution < 1.29 is 4.79 Å². The van der Waals surface area contributed by atoms with E-state index in [0.717, 1.165) is 28.6 Å². The molecule has 0 aliphatic carbocycles. The van der Waals surface area contributed by atoms with Gasteiger partial charge in [0.1, 0.15) is 0 Å². The van der Waals surface area contributed by atoms with E-state index in [1.807, 2.05) is 37.3 Å². The highest BCUT2D eigenvalue weighted by Crippen LogP contribution is 2.32. The third-order valence-corrected chi connectivity index (χ3v) is 4.83. The summed E-state index contributed by atoms with van der Waals surface area (Å²) in [5.74, 6) is 0.184. The lowest BCUT2D eigenvalue weighted by Gasteiger charge is -2.24. The lowest BCUT2D eigenvalue weighted by molar-refractivity contribution is 0.0998. The molecule has 1 aliphatic heterocycles. The predicted molar refractivity (Wildman–Crippen MR) is 94.3 cm³/mol. The summed E-state index contributed by atoms with van der Waals surface area (Å²) in [6, 6.07) is 16.8. The van der Waals surface area contributed by atoms with E-state index in [-0.39, 0.29) is 5.78 Å². The first-order valence-electron chi connectivity index (χ1n) is 8.10. The average molecular weight is 304 g/mol. The van der Waals surface area contributed by atoms with Crippen LogP contribution in [0.1, 0.15) is 28.5 Å². The number of carbonyl (C=O) groups is 1. The molecular weight excluding hydrogens is 284 g/mol. The molecule has 1 N–H and O–H groups in total. The summed E-state index contributed by atoms with van der Waals surface area (Å²) in [6.07, 6.45) is 1.01. The Kier molecular flexibility index (Phi) is 3.22. The fourth-order valence-corrected chi connectivity index (χ4v) is 3.74. The summed E-state index contributed by atoms with van der Waals surface area (Å²) >= 11 is 0. The molecule has 0 fully saturated rings. The molecule has 0 bridgehead atoms. The van der Waals surface area contributed by atoms with Crippen molar-refractivity contribution in [1.29, 1.82) is 0 Å². The normalized spacial score (nSPS) is 16.8. The molecule has 0 radical (unpaired) electrons. The van der Waals surface area contributed by atoms with Gasteiger partial charge in [0.05, 0.1) is 6.54 Å². The highest BCUT2D eigenvalue weighted by atomic mass is 16.1. The number of benzene rings is 2. The maximum atomic E-state index is 13.0. The van der Waals surface area contributed by atoms with Crippen molar-refractivity contribution in [2.45, 2.75) is 26.3 Å². The van der Waals surface area contributed by atoms with Gasteiger partial charge in [0.2, 0.25) is 0 Å². The minimum absolute atomic E-state index is 0.184. The molecule has 116 valence electrons. The van der Waals surface area contributed by atoms with E-state index in [2.05, 4.69) is 35.0 Å². The molecule has 4 rings (SSSR count). The standard InChI is InChI=1S/C20H20N2O/c1-13-11-15-7-3-6-10-18(15)22(13)12-19(23)20-14(2)21-17-9-5-4-8-16(17)20/h3-10,13,21H,11-12H2,1-2H3/t13-/m1/s1. The van der Waals surface area contributed by atoms with Crippen molar-refractivity contribution in [2.24, 2.45) is 0 Å². The van der Waals surface area contributed by atoms with Gasteiger partial charge in [-0.2, -0.15) is 0 Å². The summed E-state index contributed by atoms with van der Waals surface area (Å²) in [5.41, 5.74) is 5.35. The number of hydrogen-bond donors (Lipinski definition) is 1. The number of H-pyrrole nitrogens is 1. The van der Waals surface area contributed by atoms with Gasteiger partial charge in [-0.05, 0) is 38.0 Å². The van der Waals surface area contributed by atoms with Gasteiger partial charge in [-0.15, -0.1) is 0 Å². The van der Waals surface area contributed by atoms with Gasteiger partial charge >= 0.3 is 0 Å². The molecule has 3 nitrogen and oxygen atoms in total. The van der Waals surface area contributed by atoms with Crippen LogP contribution in [-0.4, -0.2) is 23.4 Å². The molecule has 3 aromatic rings. The quantitative estimate of drug-likeness (QED) is 0.739. The molecule has 1 aromatic heterocycles. The molecule has 2 heterocycles. The van der Waals surface area contributed by atoms with E-state index in [0.29, 0.717) is 12.6 Å². The summed E-state index contributed by atoms with van der Waals surface area (Å²) in [4.78, 5) is 18.5. The molecule has 0 amide bonds. The average Bonchev–Trinajstić information content (AvgIpc) is 3.04. The second kappa shape index (κ2) is 5.27. The predicted octanol–water partition coefficient (Wildman–Crippen LogP) is 4.11. The molecule has 0 saturated carbocycles. The van der Waals surface area contributed by atoms with Gasteiger partial charge < -0.3 is 9.88 Å². The highest BCUT2D eigenvalue weighted by Gasteiger charge is 2.28. The minimum Gasteiger partial charge on any atom is -0.361 e. The van der Waals surface area contributed by atoms with E-state index < -0.39 is 0 Å². The lowest BCUT2D eigenvalue weighted by atomic mass is 10.1. The van der Waals surface area contributed by atoms with Crippen molar-refractivity contribution in [1.82, 2.24) is 4.98 Å². The van der Waals surface area contributed by atoms with Gasteiger partial charge in [-0.25, -0.2) is 0 Å². The zero-order chi connectivity index (χ0) is 16.0. The van der Waals surface area contributed by atoms with Crippen LogP contribution in [0.15, 0.2) is 48.5 Å². The Bertz CT molecular complexity index is 894. The van der Waals surface area contributed by atoms with Crippen LogP contribution in [-0.2, 0) is 6.42 Å². The second-order valence-electron chi connectivity index (χ2n) is 6.40. The monoisotopic (exact) mass is 304 g/mol. The molecule has 23 heavy (non-hydrogen) atoms. The SMILES string of the molecule is Cc1[nH]c2ccccc2c1C(=O)CN1c2ccccc2C[C@H]1C. The van der Waals surface area contributed by atoms with E-state index in [1.165, 1.54) is 11.3 Å². The number of aromatic nitrogens is 1. The van der Waals surface area contributed by atoms with Crippen LogP contribution >= 0.6 is 0 Å². The number of nitrogens with one attached hydrogen (secondary N) is 1. The maximum absolute atomic E-state index is 13.0. The van der Waals surface area contributed by atoms with Crippen LogP contribution < -0.4 is 4.90 Å². The molecule has 1 aliphatic rings. The number of hydrogen-bond acceptors (Lipinski definition) is 2.